The average Bonchev–Trinajstić information content (AvgIpc) is 2.56. The normalized spacial score (nSPS) is 13.3. The van der Waals surface area contributed by atoms with Gasteiger partial charge in [-0.3, -0.25) is 0 Å². The summed E-state index contributed by atoms with van der Waals surface area (Å²) in [6.07, 6.45) is 3.69. The Morgan fingerprint density at radius 1 is 1.09 bits per heavy atom. The van der Waals surface area contributed by atoms with E-state index in [1.165, 1.54) is 0 Å². The molecule has 122 valence electrons. The first-order valence-corrected chi connectivity index (χ1v) is 8.90. The molecule has 0 aromatic heterocycles. The molecule has 0 spiro atoms. The lowest BCUT2D eigenvalue weighted by molar-refractivity contribution is 0.254. The smallest absolute Gasteiger partial charge is 0.240 e. The lowest BCUT2D eigenvalue weighted by Crippen LogP contribution is -2.30. The van der Waals surface area contributed by atoms with Crippen molar-refractivity contribution >= 4 is 16.1 Å². The highest BCUT2D eigenvalue weighted by Gasteiger charge is 2.15. The molecule has 1 atom stereocenters. The van der Waals surface area contributed by atoms with Crippen LogP contribution in [0.15, 0.2) is 65.6 Å². The van der Waals surface area contributed by atoms with Crippen molar-refractivity contribution in [3.8, 4) is 0 Å². The summed E-state index contributed by atoms with van der Waals surface area (Å²) in [6, 6.07) is 16.3. The minimum atomic E-state index is -3.56. The van der Waals surface area contributed by atoms with Crippen molar-refractivity contribution in [2.75, 3.05) is 13.2 Å². The minimum absolute atomic E-state index is 0.125. The van der Waals surface area contributed by atoms with Gasteiger partial charge in [0.05, 0.1) is 11.5 Å². The first-order chi connectivity index (χ1) is 11.0. The Hall–Kier alpha value is -1.95. The lowest BCUT2D eigenvalue weighted by atomic mass is 10.1. The van der Waals surface area contributed by atoms with E-state index in [1.54, 1.807) is 24.3 Å². The van der Waals surface area contributed by atoms with Crippen LogP contribution in [0, 0.1) is 12.8 Å². The summed E-state index contributed by atoms with van der Waals surface area (Å²) in [5.41, 5.74) is 2.01. The van der Waals surface area contributed by atoms with E-state index in [2.05, 4.69) is 4.72 Å². The zero-order chi connectivity index (χ0) is 16.7. The first-order valence-electron chi connectivity index (χ1n) is 7.42. The molecule has 4 nitrogen and oxygen atoms in total. The summed E-state index contributed by atoms with van der Waals surface area (Å²) in [4.78, 5) is 0.229. The van der Waals surface area contributed by atoms with Crippen LogP contribution in [0.3, 0.4) is 0 Å². The molecule has 0 saturated heterocycles. The quantitative estimate of drug-likeness (QED) is 0.819. The number of benzene rings is 2. The molecule has 0 amide bonds. The molecule has 5 heteroatoms. The third kappa shape index (κ3) is 5.32. The van der Waals surface area contributed by atoms with Crippen molar-refractivity contribution in [1.82, 2.24) is 4.72 Å². The fourth-order valence-electron chi connectivity index (χ4n) is 2.02. The van der Waals surface area contributed by atoms with Crippen LogP contribution < -0.4 is 4.72 Å². The molecule has 0 aliphatic heterocycles. The molecule has 2 rings (SSSR count). The molecule has 23 heavy (non-hydrogen) atoms. The van der Waals surface area contributed by atoms with Gasteiger partial charge < -0.3 is 5.11 Å². The number of nitrogens with one attached hydrogen (secondary N) is 1. The van der Waals surface area contributed by atoms with E-state index in [4.69, 9.17) is 0 Å². The molecule has 2 aromatic carbocycles. The molecule has 0 fully saturated rings. The van der Waals surface area contributed by atoms with Crippen LogP contribution in [0.25, 0.3) is 6.08 Å². The molecule has 0 aliphatic rings. The van der Waals surface area contributed by atoms with Crippen LogP contribution in [-0.4, -0.2) is 26.7 Å². The van der Waals surface area contributed by atoms with E-state index in [0.29, 0.717) is 0 Å². The Kier molecular flexibility index (Phi) is 6.10. The van der Waals surface area contributed by atoms with E-state index in [-0.39, 0.29) is 24.0 Å². The van der Waals surface area contributed by atoms with Gasteiger partial charge in [-0.05, 0) is 24.6 Å². The van der Waals surface area contributed by atoms with Gasteiger partial charge in [0.15, 0.2) is 0 Å². The maximum atomic E-state index is 12.2. The fraction of sp³-hybridized carbons (Fsp3) is 0.222. The predicted molar refractivity (Wildman–Crippen MR) is 92.4 cm³/mol. The second-order valence-corrected chi connectivity index (χ2v) is 7.14. The number of aliphatic hydroxyl groups is 1. The minimum Gasteiger partial charge on any atom is -0.396 e. The zero-order valence-electron chi connectivity index (χ0n) is 13.0. The van der Waals surface area contributed by atoms with Gasteiger partial charge in [-0.15, -0.1) is 0 Å². The molecular formula is C18H21NO3S. The van der Waals surface area contributed by atoms with Crippen molar-refractivity contribution < 1.29 is 13.5 Å². The SMILES string of the molecule is Cc1ccc(S(=O)(=O)NCC(/C=C/c2ccccc2)CO)cc1. The van der Waals surface area contributed by atoms with Crippen molar-refractivity contribution in [3.05, 3.63) is 71.8 Å². The Morgan fingerprint density at radius 2 is 1.74 bits per heavy atom. The third-order valence-electron chi connectivity index (χ3n) is 3.46. The summed E-state index contributed by atoms with van der Waals surface area (Å²) in [6.45, 7) is 1.93. The molecule has 0 aliphatic carbocycles. The third-order valence-corrected chi connectivity index (χ3v) is 4.90. The monoisotopic (exact) mass is 331 g/mol. The van der Waals surface area contributed by atoms with E-state index in [1.807, 2.05) is 49.4 Å². The van der Waals surface area contributed by atoms with Gasteiger partial charge in [0, 0.05) is 12.5 Å². The molecule has 0 bridgehead atoms. The standard InChI is InChI=1S/C18H21NO3S/c1-15-7-11-18(12-8-15)23(21,22)19-13-17(14-20)10-9-16-5-3-2-4-6-16/h2-12,17,19-20H,13-14H2,1H3/b10-9+. The molecule has 1 unspecified atom stereocenters. The maximum Gasteiger partial charge on any atom is 0.240 e. The highest BCUT2D eigenvalue weighted by atomic mass is 32.2. The highest BCUT2D eigenvalue weighted by molar-refractivity contribution is 7.89. The molecule has 0 heterocycles. The Morgan fingerprint density at radius 3 is 2.35 bits per heavy atom. The molecule has 0 radical (unpaired) electrons. The van der Waals surface area contributed by atoms with Crippen LogP contribution in [0.5, 0.6) is 0 Å². The van der Waals surface area contributed by atoms with E-state index in [0.717, 1.165) is 11.1 Å². The van der Waals surface area contributed by atoms with Crippen LogP contribution in [0.4, 0.5) is 0 Å². The predicted octanol–water partition coefficient (Wildman–Crippen LogP) is 2.60. The van der Waals surface area contributed by atoms with Gasteiger partial charge in [-0.25, -0.2) is 13.1 Å². The van der Waals surface area contributed by atoms with Gasteiger partial charge in [0.1, 0.15) is 0 Å². The Labute approximate surface area is 137 Å². The topological polar surface area (TPSA) is 66.4 Å². The van der Waals surface area contributed by atoms with Crippen LogP contribution >= 0.6 is 0 Å². The number of hydrogen-bond acceptors (Lipinski definition) is 3. The summed E-state index contributed by atoms with van der Waals surface area (Å²) in [5, 5.41) is 9.42. The fourth-order valence-corrected chi connectivity index (χ4v) is 3.12. The van der Waals surface area contributed by atoms with Crippen molar-refractivity contribution in [2.24, 2.45) is 5.92 Å². The number of aliphatic hydroxyl groups excluding tert-OH is 1. The summed E-state index contributed by atoms with van der Waals surface area (Å²) >= 11 is 0. The summed E-state index contributed by atoms with van der Waals surface area (Å²) in [5.74, 6) is -0.282. The summed E-state index contributed by atoms with van der Waals surface area (Å²) in [7, 11) is -3.56. The number of aryl methyl sites for hydroxylation is 1. The van der Waals surface area contributed by atoms with Crippen molar-refractivity contribution in [2.45, 2.75) is 11.8 Å². The number of sulfonamides is 1. The van der Waals surface area contributed by atoms with Gasteiger partial charge in [-0.1, -0.05) is 60.2 Å². The average molecular weight is 331 g/mol. The van der Waals surface area contributed by atoms with Gasteiger partial charge in [0.2, 0.25) is 10.0 Å². The number of hydrogen-bond donors (Lipinski definition) is 2. The van der Waals surface area contributed by atoms with Crippen molar-refractivity contribution in [1.29, 1.82) is 0 Å². The molecule has 2 N–H and O–H groups in total. The van der Waals surface area contributed by atoms with Crippen LogP contribution in [-0.2, 0) is 10.0 Å². The van der Waals surface area contributed by atoms with Crippen molar-refractivity contribution in [3.63, 3.8) is 0 Å². The maximum absolute atomic E-state index is 12.2. The van der Waals surface area contributed by atoms with Crippen LogP contribution in [0.1, 0.15) is 11.1 Å². The highest BCUT2D eigenvalue weighted by Crippen LogP contribution is 2.11. The van der Waals surface area contributed by atoms with E-state index >= 15 is 0 Å². The summed E-state index contributed by atoms with van der Waals surface area (Å²) < 4.78 is 27.0. The van der Waals surface area contributed by atoms with Gasteiger partial charge in [0.25, 0.3) is 0 Å². The molecule has 2 aromatic rings. The molecule has 0 saturated carbocycles. The van der Waals surface area contributed by atoms with E-state index in [9.17, 15) is 13.5 Å². The first kappa shape index (κ1) is 17.4. The Bertz CT molecular complexity index is 738. The number of rotatable bonds is 7. The second kappa shape index (κ2) is 8.06. The lowest BCUT2D eigenvalue weighted by Gasteiger charge is -2.12. The van der Waals surface area contributed by atoms with Gasteiger partial charge in [-0.2, -0.15) is 0 Å². The zero-order valence-corrected chi connectivity index (χ0v) is 13.8. The van der Waals surface area contributed by atoms with Gasteiger partial charge >= 0.3 is 0 Å². The second-order valence-electron chi connectivity index (χ2n) is 5.38. The Balaban J connectivity index is 1.99. The largest absolute Gasteiger partial charge is 0.396 e. The van der Waals surface area contributed by atoms with E-state index < -0.39 is 10.0 Å². The molecular weight excluding hydrogens is 310 g/mol. The van der Waals surface area contributed by atoms with Crippen LogP contribution in [0.2, 0.25) is 0 Å².